The Kier molecular flexibility index (Phi) is 4.37. The first-order valence-corrected chi connectivity index (χ1v) is 6.99. The highest BCUT2D eigenvalue weighted by Crippen LogP contribution is 2.31. The van der Waals surface area contributed by atoms with Gasteiger partial charge in [0.2, 0.25) is 5.88 Å². The highest BCUT2D eigenvalue weighted by Gasteiger charge is 2.06. The summed E-state index contributed by atoms with van der Waals surface area (Å²) in [5, 5.41) is 0. The lowest BCUT2D eigenvalue weighted by atomic mass is 10.1. The fraction of sp³-hybridized carbons (Fsp3) is 0.154. The highest BCUT2D eigenvalue weighted by atomic mass is 79.9. The van der Waals surface area contributed by atoms with E-state index in [0.717, 1.165) is 14.5 Å². The molecular formula is C13H12Br2N2O. The molecule has 3 nitrogen and oxygen atoms in total. The summed E-state index contributed by atoms with van der Waals surface area (Å²) in [6, 6.07) is 9.39. The minimum atomic E-state index is -0.0382. The Hall–Kier alpha value is -0.910. The molecule has 1 heterocycles. The molecule has 0 spiro atoms. The molecule has 0 fully saturated rings. The van der Waals surface area contributed by atoms with Gasteiger partial charge in [-0.15, -0.1) is 0 Å². The molecule has 94 valence electrons. The van der Waals surface area contributed by atoms with Crippen molar-refractivity contribution in [2.75, 3.05) is 0 Å². The quantitative estimate of drug-likeness (QED) is 0.868. The number of hydrogen-bond donors (Lipinski definition) is 1. The van der Waals surface area contributed by atoms with E-state index >= 15 is 0 Å². The van der Waals surface area contributed by atoms with Gasteiger partial charge in [-0.1, -0.05) is 15.9 Å². The van der Waals surface area contributed by atoms with Crippen molar-refractivity contribution in [1.82, 2.24) is 4.98 Å². The molecule has 5 heteroatoms. The maximum Gasteiger partial charge on any atom is 0.219 e. The molecule has 1 unspecified atom stereocenters. The Labute approximate surface area is 123 Å². The molecular weight excluding hydrogens is 360 g/mol. The van der Waals surface area contributed by atoms with Gasteiger partial charge < -0.3 is 10.5 Å². The van der Waals surface area contributed by atoms with E-state index in [2.05, 4.69) is 36.8 Å². The molecule has 0 saturated heterocycles. The van der Waals surface area contributed by atoms with Gasteiger partial charge in [0.05, 0.1) is 4.47 Å². The first-order chi connectivity index (χ1) is 8.56. The summed E-state index contributed by atoms with van der Waals surface area (Å²) in [5.41, 5.74) is 6.82. The van der Waals surface area contributed by atoms with Crippen LogP contribution >= 0.6 is 31.9 Å². The minimum absolute atomic E-state index is 0.0382. The lowest BCUT2D eigenvalue weighted by Gasteiger charge is -2.10. The van der Waals surface area contributed by atoms with Crippen molar-refractivity contribution < 1.29 is 4.74 Å². The van der Waals surface area contributed by atoms with E-state index in [1.807, 2.05) is 37.3 Å². The predicted molar refractivity (Wildman–Crippen MR) is 78.8 cm³/mol. The van der Waals surface area contributed by atoms with Crippen LogP contribution in [0.1, 0.15) is 18.5 Å². The average Bonchev–Trinajstić information content (AvgIpc) is 2.33. The molecule has 18 heavy (non-hydrogen) atoms. The third kappa shape index (κ3) is 3.31. The number of benzene rings is 1. The van der Waals surface area contributed by atoms with E-state index in [4.69, 9.17) is 10.5 Å². The molecule has 2 rings (SSSR count). The summed E-state index contributed by atoms with van der Waals surface area (Å²) in [4.78, 5) is 4.17. The van der Waals surface area contributed by atoms with Crippen LogP contribution in [0.25, 0.3) is 0 Å². The maximum absolute atomic E-state index is 5.83. The molecule has 1 aromatic carbocycles. The van der Waals surface area contributed by atoms with Gasteiger partial charge in [-0.25, -0.2) is 4.98 Å². The maximum atomic E-state index is 5.83. The van der Waals surface area contributed by atoms with Crippen LogP contribution in [0.4, 0.5) is 0 Å². The monoisotopic (exact) mass is 370 g/mol. The molecule has 0 bridgehead atoms. The largest absolute Gasteiger partial charge is 0.438 e. The zero-order valence-electron chi connectivity index (χ0n) is 9.73. The van der Waals surface area contributed by atoms with Gasteiger partial charge in [0.25, 0.3) is 0 Å². The van der Waals surface area contributed by atoms with Crippen molar-refractivity contribution in [1.29, 1.82) is 0 Å². The smallest absolute Gasteiger partial charge is 0.219 e. The van der Waals surface area contributed by atoms with Gasteiger partial charge in [-0.05, 0) is 52.7 Å². The molecule has 0 aliphatic rings. The Morgan fingerprint density at radius 2 is 2.00 bits per heavy atom. The second-order valence-electron chi connectivity index (χ2n) is 3.89. The van der Waals surface area contributed by atoms with Crippen LogP contribution in [0, 0.1) is 0 Å². The molecule has 1 aromatic heterocycles. The van der Waals surface area contributed by atoms with E-state index in [0.29, 0.717) is 11.6 Å². The first kappa shape index (κ1) is 13.5. The fourth-order valence-corrected chi connectivity index (χ4v) is 2.56. The van der Waals surface area contributed by atoms with Crippen LogP contribution < -0.4 is 10.5 Å². The summed E-state index contributed by atoms with van der Waals surface area (Å²) >= 11 is 6.84. The number of rotatable bonds is 3. The molecule has 0 aliphatic carbocycles. The molecule has 0 amide bonds. The van der Waals surface area contributed by atoms with Crippen molar-refractivity contribution in [3.63, 3.8) is 0 Å². The summed E-state index contributed by atoms with van der Waals surface area (Å²) in [5.74, 6) is 1.25. The molecule has 2 aromatic rings. The normalized spacial score (nSPS) is 12.2. The van der Waals surface area contributed by atoms with E-state index in [-0.39, 0.29) is 6.04 Å². The van der Waals surface area contributed by atoms with Crippen molar-refractivity contribution in [2.45, 2.75) is 13.0 Å². The summed E-state index contributed by atoms with van der Waals surface area (Å²) in [7, 11) is 0. The van der Waals surface area contributed by atoms with Crippen molar-refractivity contribution in [2.24, 2.45) is 5.73 Å². The van der Waals surface area contributed by atoms with Crippen LogP contribution in [0.2, 0.25) is 0 Å². The van der Waals surface area contributed by atoms with Crippen molar-refractivity contribution >= 4 is 31.9 Å². The Morgan fingerprint density at radius 1 is 1.22 bits per heavy atom. The lowest BCUT2D eigenvalue weighted by molar-refractivity contribution is 0.458. The number of nitrogens with zero attached hydrogens (tertiary/aromatic N) is 1. The van der Waals surface area contributed by atoms with Gasteiger partial charge >= 0.3 is 0 Å². The zero-order valence-corrected chi connectivity index (χ0v) is 12.9. The molecule has 0 saturated carbocycles. The van der Waals surface area contributed by atoms with E-state index < -0.39 is 0 Å². The molecule has 1 atom stereocenters. The van der Waals surface area contributed by atoms with E-state index in [1.165, 1.54) is 0 Å². The first-order valence-electron chi connectivity index (χ1n) is 5.40. The van der Waals surface area contributed by atoms with E-state index in [9.17, 15) is 0 Å². The number of halogens is 2. The molecule has 0 aliphatic heterocycles. The van der Waals surface area contributed by atoms with Crippen molar-refractivity contribution in [3.8, 4) is 11.6 Å². The standard InChI is InChI=1S/C13H12Br2N2O/c1-8(16)9-4-5-17-13(6-9)18-12-3-2-10(14)7-11(12)15/h2-8H,16H2,1H3. The second kappa shape index (κ2) is 5.82. The van der Waals surface area contributed by atoms with Crippen LogP contribution in [0.15, 0.2) is 45.5 Å². The number of aromatic nitrogens is 1. The van der Waals surface area contributed by atoms with Gasteiger partial charge in [0.15, 0.2) is 0 Å². The third-order valence-corrected chi connectivity index (χ3v) is 3.51. The average molecular weight is 372 g/mol. The number of hydrogen-bond acceptors (Lipinski definition) is 3. The zero-order chi connectivity index (χ0) is 13.1. The van der Waals surface area contributed by atoms with E-state index in [1.54, 1.807) is 6.20 Å². The SMILES string of the molecule is CC(N)c1ccnc(Oc2ccc(Br)cc2Br)c1. The van der Waals surface area contributed by atoms with Gasteiger partial charge in [0.1, 0.15) is 5.75 Å². The molecule has 0 radical (unpaired) electrons. The van der Waals surface area contributed by atoms with Gasteiger partial charge in [-0.3, -0.25) is 0 Å². The Morgan fingerprint density at radius 3 is 2.67 bits per heavy atom. The van der Waals surface area contributed by atoms with Crippen LogP contribution in [0.5, 0.6) is 11.6 Å². The van der Waals surface area contributed by atoms with Crippen LogP contribution in [-0.2, 0) is 0 Å². The Bertz CT molecular complexity index is 558. The third-order valence-electron chi connectivity index (χ3n) is 2.39. The number of pyridine rings is 1. The highest BCUT2D eigenvalue weighted by molar-refractivity contribution is 9.11. The topological polar surface area (TPSA) is 48.1 Å². The summed E-state index contributed by atoms with van der Waals surface area (Å²) < 4.78 is 7.57. The van der Waals surface area contributed by atoms with Crippen LogP contribution in [0.3, 0.4) is 0 Å². The van der Waals surface area contributed by atoms with Gasteiger partial charge in [0, 0.05) is 22.8 Å². The van der Waals surface area contributed by atoms with Crippen molar-refractivity contribution in [3.05, 3.63) is 51.0 Å². The minimum Gasteiger partial charge on any atom is -0.438 e. The lowest BCUT2D eigenvalue weighted by Crippen LogP contribution is -2.05. The summed E-state index contributed by atoms with van der Waals surface area (Å²) in [6.45, 7) is 1.93. The predicted octanol–water partition coefficient (Wildman–Crippen LogP) is 4.42. The summed E-state index contributed by atoms with van der Waals surface area (Å²) in [6.07, 6.45) is 1.70. The second-order valence-corrected chi connectivity index (χ2v) is 5.66. The fourth-order valence-electron chi connectivity index (χ4n) is 1.43. The van der Waals surface area contributed by atoms with Crippen LogP contribution in [-0.4, -0.2) is 4.98 Å². The molecule has 2 N–H and O–H groups in total. The Balaban J connectivity index is 2.25. The van der Waals surface area contributed by atoms with Gasteiger partial charge in [-0.2, -0.15) is 0 Å². The number of nitrogens with two attached hydrogens (primary N) is 1. The number of ether oxygens (including phenoxy) is 1.